The summed E-state index contributed by atoms with van der Waals surface area (Å²) in [5, 5.41) is 4.91. The summed E-state index contributed by atoms with van der Waals surface area (Å²) < 4.78 is 0. The molecule has 2 heterocycles. The van der Waals surface area contributed by atoms with Crippen LogP contribution in [0.25, 0.3) is 0 Å². The highest BCUT2D eigenvalue weighted by Gasteiger charge is 2.31. The van der Waals surface area contributed by atoms with E-state index in [1.807, 2.05) is 41.8 Å². The maximum atomic E-state index is 11.8. The zero-order valence-electron chi connectivity index (χ0n) is 7.94. The average Bonchev–Trinajstić information content (AvgIpc) is 2.82. The van der Waals surface area contributed by atoms with Crippen LogP contribution in [0, 0.1) is 0 Å². The molecule has 15 heavy (non-hydrogen) atoms. The van der Waals surface area contributed by atoms with Crippen molar-refractivity contribution in [2.45, 2.75) is 5.92 Å². The molecule has 1 aliphatic heterocycles. The molecule has 3 rings (SSSR count). The first-order valence-electron chi connectivity index (χ1n) is 4.79. The number of amides is 1. The minimum atomic E-state index is -0.110. The van der Waals surface area contributed by atoms with Crippen LogP contribution in [-0.2, 0) is 4.79 Å². The van der Waals surface area contributed by atoms with Crippen LogP contribution in [0.5, 0.6) is 0 Å². The third kappa shape index (κ3) is 1.27. The molecule has 0 saturated carbocycles. The lowest BCUT2D eigenvalue weighted by Crippen LogP contribution is -2.11. The van der Waals surface area contributed by atoms with Crippen LogP contribution in [0.1, 0.15) is 16.4 Å². The van der Waals surface area contributed by atoms with Crippen LogP contribution < -0.4 is 5.32 Å². The maximum Gasteiger partial charge on any atom is 0.237 e. The van der Waals surface area contributed by atoms with Crippen LogP contribution >= 0.6 is 11.3 Å². The Morgan fingerprint density at radius 3 is 2.80 bits per heavy atom. The number of nitrogens with one attached hydrogen (secondary N) is 1. The third-order valence-electron chi connectivity index (χ3n) is 2.62. The molecule has 1 aromatic carbocycles. The van der Waals surface area contributed by atoms with E-state index in [-0.39, 0.29) is 11.8 Å². The molecule has 74 valence electrons. The van der Waals surface area contributed by atoms with Gasteiger partial charge < -0.3 is 5.32 Å². The van der Waals surface area contributed by atoms with E-state index < -0.39 is 0 Å². The molecule has 0 radical (unpaired) electrons. The van der Waals surface area contributed by atoms with E-state index >= 15 is 0 Å². The predicted octanol–water partition coefficient (Wildman–Crippen LogP) is 2.83. The first-order valence-corrected chi connectivity index (χ1v) is 5.67. The molecule has 0 bridgehead atoms. The third-order valence-corrected chi connectivity index (χ3v) is 3.56. The largest absolute Gasteiger partial charge is 0.325 e. The molecule has 1 atom stereocenters. The van der Waals surface area contributed by atoms with Crippen molar-refractivity contribution in [3.05, 3.63) is 52.2 Å². The standard InChI is InChI=1S/C12H9NOS/c14-12-11(10-6-3-7-15-10)8-4-1-2-5-9(8)13-12/h1-7,11H,(H,13,14). The van der Waals surface area contributed by atoms with Gasteiger partial charge in [-0.25, -0.2) is 0 Å². The molecule has 2 nitrogen and oxygen atoms in total. The zero-order valence-corrected chi connectivity index (χ0v) is 8.75. The van der Waals surface area contributed by atoms with E-state index in [4.69, 9.17) is 0 Å². The Hall–Kier alpha value is -1.61. The number of benzene rings is 1. The van der Waals surface area contributed by atoms with Crippen molar-refractivity contribution in [3.63, 3.8) is 0 Å². The number of hydrogen-bond acceptors (Lipinski definition) is 2. The van der Waals surface area contributed by atoms with Crippen molar-refractivity contribution < 1.29 is 4.79 Å². The number of para-hydroxylation sites is 1. The van der Waals surface area contributed by atoms with Gasteiger partial charge in [0.05, 0.1) is 5.92 Å². The van der Waals surface area contributed by atoms with E-state index in [9.17, 15) is 4.79 Å². The number of carbonyl (C=O) groups is 1. The Kier molecular flexibility index (Phi) is 1.86. The molecule has 1 amide bonds. The van der Waals surface area contributed by atoms with Gasteiger partial charge in [-0.1, -0.05) is 24.3 Å². The van der Waals surface area contributed by atoms with Gasteiger partial charge in [0.25, 0.3) is 0 Å². The second-order valence-corrected chi connectivity index (χ2v) is 4.50. The van der Waals surface area contributed by atoms with Crippen molar-refractivity contribution >= 4 is 22.9 Å². The van der Waals surface area contributed by atoms with Gasteiger partial charge in [-0.15, -0.1) is 11.3 Å². The fourth-order valence-corrected chi connectivity index (χ4v) is 2.79. The maximum absolute atomic E-state index is 11.8. The summed E-state index contributed by atoms with van der Waals surface area (Å²) in [6.45, 7) is 0. The zero-order chi connectivity index (χ0) is 10.3. The fourth-order valence-electron chi connectivity index (χ4n) is 1.95. The number of rotatable bonds is 1. The molecular weight excluding hydrogens is 206 g/mol. The van der Waals surface area contributed by atoms with Gasteiger partial charge in [-0.2, -0.15) is 0 Å². The first-order chi connectivity index (χ1) is 7.36. The van der Waals surface area contributed by atoms with Crippen molar-refractivity contribution in [2.75, 3.05) is 5.32 Å². The highest BCUT2D eigenvalue weighted by molar-refractivity contribution is 7.10. The Morgan fingerprint density at radius 1 is 1.13 bits per heavy atom. The predicted molar refractivity (Wildman–Crippen MR) is 61.2 cm³/mol. The number of carbonyl (C=O) groups excluding carboxylic acids is 1. The monoisotopic (exact) mass is 215 g/mol. The summed E-state index contributed by atoms with van der Waals surface area (Å²) in [6.07, 6.45) is 0. The Labute approximate surface area is 91.6 Å². The molecule has 1 aromatic heterocycles. The molecular formula is C12H9NOS. The summed E-state index contributed by atoms with van der Waals surface area (Å²) in [5.41, 5.74) is 2.03. The summed E-state index contributed by atoms with van der Waals surface area (Å²) in [7, 11) is 0. The lowest BCUT2D eigenvalue weighted by Gasteiger charge is -2.04. The highest BCUT2D eigenvalue weighted by Crippen LogP contribution is 2.38. The molecule has 1 unspecified atom stereocenters. The quantitative estimate of drug-likeness (QED) is 0.778. The van der Waals surface area contributed by atoms with Gasteiger partial charge >= 0.3 is 0 Å². The number of thiophene rings is 1. The van der Waals surface area contributed by atoms with Gasteiger partial charge in [0.2, 0.25) is 5.91 Å². The number of fused-ring (bicyclic) bond motifs is 1. The Balaban J connectivity index is 2.14. The summed E-state index contributed by atoms with van der Waals surface area (Å²) >= 11 is 1.63. The molecule has 0 spiro atoms. The smallest absolute Gasteiger partial charge is 0.237 e. The van der Waals surface area contributed by atoms with E-state index in [0.717, 1.165) is 16.1 Å². The minimum absolute atomic E-state index is 0.0821. The van der Waals surface area contributed by atoms with Crippen LogP contribution in [-0.4, -0.2) is 5.91 Å². The molecule has 2 aromatic rings. The lowest BCUT2D eigenvalue weighted by atomic mass is 9.99. The minimum Gasteiger partial charge on any atom is -0.325 e. The first kappa shape index (κ1) is 8.68. The SMILES string of the molecule is O=C1Nc2ccccc2C1c1cccs1. The van der Waals surface area contributed by atoms with Gasteiger partial charge in [0.1, 0.15) is 0 Å². The number of hydrogen-bond donors (Lipinski definition) is 1. The van der Waals surface area contributed by atoms with Crippen LogP contribution in [0.15, 0.2) is 41.8 Å². The van der Waals surface area contributed by atoms with Crippen molar-refractivity contribution in [3.8, 4) is 0 Å². The van der Waals surface area contributed by atoms with E-state index in [1.54, 1.807) is 11.3 Å². The molecule has 1 N–H and O–H groups in total. The van der Waals surface area contributed by atoms with Crippen LogP contribution in [0.2, 0.25) is 0 Å². The normalized spacial score (nSPS) is 18.7. The summed E-state index contributed by atoms with van der Waals surface area (Å²) in [6, 6.07) is 11.9. The molecule has 0 fully saturated rings. The van der Waals surface area contributed by atoms with E-state index in [1.165, 1.54) is 0 Å². The Bertz CT molecular complexity index is 504. The van der Waals surface area contributed by atoms with Crippen molar-refractivity contribution in [2.24, 2.45) is 0 Å². The summed E-state index contributed by atoms with van der Waals surface area (Å²) in [4.78, 5) is 12.9. The Morgan fingerprint density at radius 2 is 2.00 bits per heavy atom. The van der Waals surface area contributed by atoms with Crippen LogP contribution in [0.3, 0.4) is 0 Å². The second-order valence-electron chi connectivity index (χ2n) is 3.52. The van der Waals surface area contributed by atoms with E-state index in [2.05, 4.69) is 5.32 Å². The summed E-state index contributed by atoms with van der Waals surface area (Å²) in [5.74, 6) is -0.0279. The molecule has 0 aliphatic carbocycles. The average molecular weight is 215 g/mol. The highest BCUT2D eigenvalue weighted by atomic mass is 32.1. The topological polar surface area (TPSA) is 29.1 Å². The number of anilines is 1. The molecule has 0 saturated heterocycles. The fraction of sp³-hybridized carbons (Fsp3) is 0.0833. The van der Waals surface area contributed by atoms with Crippen molar-refractivity contribution in [1.29, 1.82) is 0 Å². The van der Waals surface area contributed by atoms with Crippen LogP contribution in [0.4, 0.5) is 5.69 Å². The van der Waals surface area contributed by atoms with Gasteiger partial charge in [-0.3, -0.25) is 4.79 Å². The lowest BCUT2D eigenvalue weighted by molar-refractivity contribution is -0.116. The van der Waals surface area contributed by atoms with Gasteiger partial charge in [0.15, 0.2) is 0 Å². The molecule has 3 heteroatoms. The van der Waals surface area contributed by atoms with Crippen molar-refractivity contribution in [1.82, 2.24) is 0 Å². The second kappa shape index (κ2) is 3.21. The van der Waals surface area contributed by atoms with Gasteiger partial charge in [0, 0.05) is 10.6 Å². The van der Waals surface area contributed by atoms with E-state index in [0.29, 0.717) is 0 Å². The molecule has 1 aliphatic rings. The van der Waals surface area contributed by atoms with Gasteiger partial charge in [-0.05, 0) is 23.1 Å².